The molecular formula is C16H10BrFN2O. The lowest BCUT2D eigenvalue weighted by Gasteiger charge is -2.09. The first-order valence-corrected chi connectivity index (χ1v) is 7.04. The van der Waals surface area contributed by atoms with Gasteiger partial charge in [0.2, 0.25) is 0 Å². The van der Waals surface area contributed by atoms with E-state index in [-0.39, 0.29) is 15.9 Å². The molecule has 0 aliphatic heterocycles. The summed E-state index contributed by atoms with van der Waals surface area (Å²) in [7, 11) is 0. The molecule has 1 N–H and O–H groups in total. The van der Waals surface area contributed by atoms with Crippen molar-refractivity contribution in [1.82, 2.24) is 4.98 Å². The maximum absolute atomic E-state index is 13.5. The number of pyridine rings is 1. The van der Waals surface area contributed by atoms with Crippen LogP contribution in [0.2, 0.25) is 0 Å². The summed E-state index contributed by atoms with van der Waals surface area (Å²) in [4.78, 5) is 16.4. The van der Waals surface area contributed by atoms with E-state index in [4.69, 9.17) is 0 Å². The first-order chi connectivity index (χ1) is 10.2. The highest BCUT2D eigenvalue weighted by Crippen LogP contribution is 2.25. The first kappa shape index (κ1) is 13.7. The molecule has 3 aromatic rings. The third-order valence-corrected chi connectivity index (χ3v) is 3.93. The van der Waals surface area contributed by atoms with E-state index in [0.717, 1.165) is 10.8 Å². The van der Waals surface area contributed by atoms with E-state index < -0.39 is 5.82 Å². The van der Waals surface area contributed by atoms with Gasteiger partial charge in [0.1, 0.15) is 5.82 Å². The molecule has 3 nitrogen and oxygen atoms in total. The van der Waals surface area contributed by atoms with Crippen LogP contribution in [0.1, 0.15) is 10.4 Å². The highest BCUT2D eigenvalue weighted by Gasteiger charge is 2.14. The Kier molecular flexibility index (Phi) is 3.66. The summed E-state index contributed by atoms with van der Waals surface area (Å²) in [5.74, 6) is -0.838. The number of carbonyl (C=O) groups excluding carboxylic acids is 1. The molecule has 0 fully saturated rings. The smallest absolute Gasteiger partial charge is 0.256 e. The van der Waals surface area contributed by atoms with E-state index >= 15 is 0 Å². The molecule has 0 aliphatic rings. The minimum atomic E-state index is -0.468. The van der Waals surface area contributed by atoms with E-state index in [2.05, 4.69) is 26.2 Å². The van der Waals surface area contributed by atoms with Gasteiger partial charge in [0.15, 0.2) is 0 Å². The number of hydrogen-bond acceptors (Lipinski definition) is 2. The fourth-order valence-corrected chi connectivity index (χ4v) is 2.54. The summed E-state index contributed by atoms with van der Waals surface area (Å²) in [5.41, 5.74) is 0.914. The standard InChI is InChI=1S/C16H10BrFN2O/c17-15-12(4-2-5-13(15)18)16(21)20-14-6-1-3-10-9-19-8-7-11(10)14/h1-9H,(H,20,21). The first-order valence-electron chi connectivity index (χ1n) is 6.25. The van der Waals surface area contributed by atoms with E-state index in [9.17, 15) is 9.18 Å². The van der Waals surface area contributed by atoms with Gasteiger partial charge in [0.25, 0.3) is 5.91 Å². The highest BCUT2D eigenvalue weighted by molar-refractivity contribution is 9.10. The Morgan fingerprint density at radius 2 is 1.95 bits per heavy atom. The molecule has 2 aromatic carbocycles. The molecule has 0 saturated carbocycles. The van der Waals surface area contributed by atoms with Gasteiger partial charge in [-0.25, -0.2) is 4.39 Å². The largest absolute Gasteiger partial charge is 0.321 e. The monoisotopic (exact) mass is 344 g/mol. The van der Waals surface area contributed by atoms with Crippen LogP contribution in [0, 0.1) is 5.82 Å². The van der Waals surface area contributed by atoms with Gasteiger partial charge in [0.05, 0.1) is 10.0 Å². The van der Waals surface area contributed by atoms with Crippen molar-refractivity contribution in [3.8, 4) is 0 Å². The topological polar surface area (TPSA) is 42.0 Å². The number of fused-ring (bicyclic) bond motifs is 1. The molecule has 0 aliphatic carbocycles. The van der Waals surface area contributed by atoms with Crippen LogP contribution in [-0.2, 0) is 0 Å². The van der Waals surface area contributed by atoms with Gasteiger partial charge in [-0.2, -0.15) is 0 Å². The lowest BCUT2D eigenvalue weighted by Crippen LogP contribution is -2.13. The summed E-state index contributed by atoms with van der Waals surface area (Å²) in [6, 6.07) is 11.7. The number of halogens is 2. The molecule has 1 amide bonds. The molecule has 0 spiro atoms. The highest BCUT2D eigenvalue weighted by atomic mass is 79.9. The average Bonchev–Trinajstić information content (AvgIpc) is 2.50. The summed E-state index contributed by atoms with van der Waals surface area (Å²) in [6.07, 6.45) is 3.39. The Balaban J connectivity index is 1.99. The molecule has 0 bridgehead atoms. The third-order valence-electron chi connectivity index (χ3n) is 3.13. The molecule has 1 aromatic heterocycles. The van der Waals surface area contributed by atoms with Crippen molar-refractivity contribution >= 4 is 38.3 Å². The predicted molar refractivity (Wildman–Crippen MR) is 83.8 cm³/mol. The number of carbonyl (C=O) groups is 1. The maximum atomic E-state index is 13.5. The second kappa shape index (κ2) is 5.61. The fourth-order valence-electron chi connectivity index (χ4n) is 2.10. The lowest BCUT2D eigenvalue weighted by molar-refractivity contribution is 0.102. The van der Waals surface area contributed by atoms with Gasteiger partial charge < -0.3 is 5.32 Å². The van der Waals surface area contributed by atoms with Crippen molar-refractivity contribution in [2.75, 3.05) is 5.32 Å². The van der Waals surface area contributed by atoms with Crippen molar-refractivity contribution < 1.29 is 9.18 Å². The molecule has 21 heavy (non-hydrogen) atoms. The molecule has 0 atom stereocenters. The second-order valence-electron chi connectivity index (χ2n) is 4.46. The van der Waals surface area contributed by atoms with Crippen LogP contribution in [0.15, 0.2) is 59.3 Å². The summed E-state index contributed by atoms with van der Waals surface area (Å²) in [5, 5.41) is 4.61. The number of nitrogens with one attached hydrogen (secondary N) is 1. The minimum Gasteiger partial charge on any atom is -0.321 e. The number of anilines is 1. The SMILES string of the molecule is O=C(Nc1cccc2cnccc12)c1cccc(F)c1Br. The van der Waals surface area contributed by atoms with Gasteiger partial charge in [-0.1, -0.05) is 18.2 Å². The quantitative estimate of drug-likeness (QED) is 0.749. The van der Waals surface area contributed by atoms with Crippen LogP contribution in [0.25, 0.3) is 10.8 Å². The van der Waals surface area contributed by atoms with Gasteiger partial charge in [-0.15, -0.1) is 0 Å². The second-order valence-corrected chi connectivity index (χ2v) is 5.25. The van der Waals surface area contributed by atoms with Gasteiger partial charge in [0, 0.05) is 28.9 Å². The molecule has 0 saturated heterocycles. The van der Waals surface area contributed by atoms with Crippen LogP contribution in [0.5, 0.6) is 0 Å². The Morgan fingerprint density at radius 3 is 2.81 bits per heavy atom. The molecular weight excluding hydrogens is 335 g/mol. The van der Waals surface area contributed by atoms with Crippen molar-refractivity contribution in [2.45, 2.75) is 0 Å². The number of amides is 1. The minimum absolute atomic E-state index is 0.157. The lowest BCUT2D eigenvalue weighted by atomic mass is 10.1. The van der Waals surface area contributed by atoms with Crippen molar-refractivity contribution in [3.63, 3.8) is 0 Å². The molecule has 5 heteroatoms. The fraction of sp³-hybridized carbons (Fsp3) is 0. The number of nitrogens with zero attached hydrogens (tertiary/aromatic N) is 1. The zero-order valence-corrected chi connectivity index (χ0v) is 12.4. The third kappa shape index (κ3) is 2.64. The Hall–Kier alpha value is -2.27. The van der Waals surface area contributed by atoms with E-state index in [1.165, 1.54) is 12.1 Å². The number of rotatable bonds is 2. The molecule has 0 radical (unpaired) electrons. The molecule has 0 unspecified atom stereocenters. The van der Waals surface area contributed by atoms with E-state index in [0.29, 0.717) is 5.69 Å². The van der Waals surface area contributed by atoms with Crippen molar-refractivity contribution in [2.24, 2.45) is 0 Å². The number of aromatic nitrogens is 1. The van der Waals surface area contributed by atoms with Crippen LogP contribution < -0.4 is 5.32 Å². The maximum Gasteiger partial charge on any atom is 0.256 e. The average molecular weight is 345 g/mol. The van der Waals surface area contributed by atoms with E-state index in [1.54, 1.807) is 24.5 Å². The summed E-state index contributed by atoms with van der Waals surface area (Å²) in [6.45, 7) is 0. The Bertz CT molecular complexity index is 830. The van der Waals surface area contributed by atoms with Gasteiger partial charge >= 0.3 is 0 Å². The van der Waals surface area contributed by atoms with Gasteiger partial charge in [-0.3, -0.25) is 9.78 Å². The Labute approximate surface area is 128 Å². The van der Waals surface area contributed by atoms with Crippen LogP contribution in [-0.4, -0.2) is 10.9 Å². The molecule has 1 heterocycles. The van der Waals surface area contributed by atoms with Gasteiger partial charge in [-0.05, 0) is 40.2 Å². The number of hydrogen-bond donors (Lipinski definition) is 1. The van der Waals surface area contributed by atoms with Crippen LogP contribution in [0.3, 0.4) is 0 Å². The molecule has 3 rings (SSSR count). The number of benzene rings is 2. The van der Waals surface area contributed by atoms with E-state index in [1.807, 2.05) is 18.2 Å². The van der Waals surface area contributed by atoms with Crippen LogP contribution in [0.4, 0.5) is 10.1 Å². The van der Waals surface area contributed by atoms with Crippen molar-refractivity contribution in [1.29, 1.82) is 0 Å². The zero-order valence-electron chi connectivity index (χ0n) is 10.8. The normalized spacial score (nSPS) is 10.6. The summed E-state index contributed by atoms with van der Waals surface area (Å²) < 4.78 is 13.7. The Morgan fingerprint density at radius 1 is 1.14 bits per heavy atom. The molecule has 104 valence electrons. The zero-order chi connectivity index (χ0) is 14.8. The van der Waals surface area contributed by atoms with Crippen LogP contribution >= 0.6 is 15.9 Å². The van der Waals surface area contributed by atoms with Crippen molar-refractivity contribution in [3.05, 3.63) is 70.7 Å². The predicted octanol–water partition coefficient (Wildman–Crippen LogP) is 4.39. The summed E-state index contributed by atoms with van der Waals surface area (Å²) >= 11 is 3.10.